The molecule has 0 unspecified atom stereocenters. The zero-order valence-corrected chi connectivity index (χ0v) is 15.3. The number of fused-ring (bicyclic) bond motifs is 1. The van der Waals surface area contributed by atoms with Crippen LogP contribution in [0.3, 0.4) is 0 Å². The number of nitrogens with zero attached hydrogens (tertiary/aromatic N) is 5. The first-order valence-corrected chi connectivity index (χ1v) is 9.19. The second-order valence-corrected chi connectivity index (χ2v) is 6.52. The van der Waals surface area contributed by atoms with E-state index in [0.717, 1.165) is 49.3 Å². The van der Waals surface area contributed by atoms with E-state index in [-0.39, 0.29) is 5.91 Å². The lowest BCUT2D eigenvalue weighted by Gasteiger charge is -2.33. The molecule has 1 N–H and O–H groups in total. The molecule has 0 aliphatic carbocycles. The van der Waals surface area contributed by atoms with Crippen molar-refractivity contribution in [3.05, 3.63) is 54.6 Å². The highest BCUT2D eigenvalue weighted by atomic mass is 16.2. The molecule has 0 bridgehead atoms. The number of benzene rings is 1. The summed E-state index contributed by atoms with van der Waals surface area (Å²) in [6.07, 6.45) is 3.19. The Bertz CT molecular complexity index is 947. The van der Waals surface area contributed by atoms with Gasteiger partial charge in [-0.05, 0) is 18.7 Å². The quantitative estimate of drug-likeness (QED) is 0.769. The SMILES string of the molecule is CCN1CCN(C(=O)c2cc(Nc3cccc4cccnc34)ncn2)CC1. The second-order valence-electron chi connectivity index (χ2n) is 6.52. The number of piperazine rings is 1. The first-order chi connectivity index (χ1) is 13.2. The molecule has 7 heteroatoms. The summed E-state index contributed by atoms with van der Waals surface area (Å²) in [4.78, 5) is 29.9. The fraction of sp³-hybridized carbons (Fsp3) is 0.300. The van der Waals surface area contributed by atoms with E-state index in [0.29, 0.717) is 11.5 Å². The lowest BCUT2D eigenvalue weighted by atomic mass is 10.2. The highest BCUT2D eigenvalue weighted by molar-refractivity contribution is 5.94. The van der Waals surface area contributed by atoms with Crippen LogP contribution in [0, 0.1) is 0 Å². The summed E-state index contributed by atoms with van der Waals surface area (Å²) >= 11 is 0. The van der Waals surface area contributed by atoms with Gasteiger partial charge in [0.05, 0.1) is 11.2 Å². The molecule has 1 aromatic carbocycles. The fourth-order valence-electron chi connectivity index (χ4n) is 3.31. The van der Waals surface area contributed by atoms with Gasteiger partial charge in [0.1, 0.15) is 17.8 Å². The predicted octanol–water partition coefficient (Wildman–Crippen LogP) is 2.55. The Kier molecular flexibility index (Phi) is 4.93. The number of rotatable bonds is 4. The van der Waals surface area contributed by atoms with Crippen molar-refractivity contribution in [1.29, 1.82) is 0 Å². The maximum atomic E-state index is 12.8. The number of carbonyl (C=O) groups is 1. The number of likely N-dealkylation sites (N-methyl/N-ethyl adjacent to an activating group) is 1. The molecular formula is C20H22N6O. The van der Waals surface area contributed by atoms with E-state index in [1.807, 2.05) is 35.2 Å². The maximum absolute atomic E-state index is 12.8. The van der Waals surface area contributed by atoms with Gasteiger partial charge in [-0.3, -0.25) is 9.78 Å². The second kappa shape index (κ2) is 7.67. The van der Waals surface area contributed by atoms with E-state index < -0.39 is 0 Å². The molecule has 1 amide bonds. The summed E-state index contributed by atoms with van der Waals surface area (Å²) in [5.74, 6) is 0.533. The molecule has 0 atom stereocenters. The minimum atomic E-state index is -0.0488. The molecule has 0 radical (unpaired) electrons. The third-order valence-corrected chi connectivity index (χ3v) is 4.89. The first-order valence-electron chi connectivity index (χ1n) is 9.19. The van der Waals surface area contributed by atoms with Crippen molar-refractivity contribution >= 4 is 28.3 Å². The van der Waals surface area contributed by atoms with Crippen LogP contribution >= 0.6 is 0 Å². The van der Waals surface area contributed by atoms with Crippen molar-refractivity contribution in [3.63, 3.8) is 0 Å². The largest absolute Gasteiger partial charge is 0.338 e. The van der Waals surface area contributed by atoms with Crippen molar-refractivity contribution < 1.29 is 4.79 Å². The van der Waals surface area contributed by atoms with Crippen molar-refractivity contribution in [2.75, 3.05) is 38.0 Å². The molecule has 1 aliphatic rings. The van der Waals surface area contributed by atoms with Gasteiger partial charge in [0.2, 0.25) is 0 Å². The van der Waals surface area contributed by atoms with Gasteiger partial charge in [-0.1, -0.05) is 25.1 Å². The lowest BCUT2D eigenvalue weighted by molar-refractivity contribution is 0.0637. The van der Waals surface area contributed by atoms with Crippen LogP contribution in [-0.4, -0.2) is 63.4 Å². The molecule has 2 aromatic heterocycles. The van der Waals surface area contributed by atoms with Crippen LogP contribution in [0.15, 0.2) is 48.9 Å². The van der Waals surface area contributed by atoms with E-state index in [9.17, 15) is 4.79 Å². The molecule has 0 saturated carbocycles. The normalized spacial score (nSPS) is 15.1. The highest BCUT2D eigenvalue weighted by Crippen LogP contribution is 2.23. The Morgan fingerprint density at radius 1 is 1.07 bits per heavy atom. The number of hydrogen-bond acceptors (Lipinski definition) is 6. The molecular weight excluding hydrogens is 340 g/mol. The van der Waals surface area contributed by atoms with Crippen LogP contribution in [0.4, 0.5) is 11.5 Å². The van der Waals surface area contributed by atoms with E-state index in [1.54, 1.807) is 12.3 Å². The van der Waals surface area contributed by atoms with Gasteiger partial charge >= 0.3 is 0 Å². The number of carbonyl (C=O) groups excluding carboxylic acids is 1. The van der Waals surface area contributed by atoms with E-state index in [2.05, 4.69) is 32.1 Å². The van der Waals surface area contributed by atoms with E-state index in [1.165, 1.54) is 6.33 Å². The minimum absolute atomic E-state index is 0.0488. The molecule has 138 valence electrons. The van der Waals surface area contributed by atoms with Gasteiger partial charge in [0, 0.05) is 43.8 Å². The number of aromatic nitrogens is 3. The smallest absolute Gasteiger partial charge is 0.272 e. The summed E-state index contributed by atoms with van der Waals surface area (Å²) in [6, 6.07) is 11.6. The van der Waals surface area contributed by atoms with Crippen molar-refractivity contribution in [2.45, 2.75) is 6.92 Å². The molecule has 3 heterocycles. The third-order valence-electron chi connectivity index (χ3n) is 4.89. The van der Waals surface area contributed by atoms with Gasteiger partial charge in [0.25, 0.3) is 5.91 Å². The predicted molar refractivity (Wildman–Crippen MR) is 105 cm³/mol. The van der Waals surface area contributed by atoms with E-state index >= 15 is 0 Å². The third kappa shape index (κ3) is 3.73. The average molecular weight is 362 g/mol. The molecule has 3 aromatic rings. The van der Waals surface area contributed by atoms with Crippen molar-refractivity contribution in [2.24, 2.45) is 0 Å². The Morgan fingerprint density at radius 3 is 2.70 bits per heavy atom. The number of anilines is 2. The Hall–Kier alpha value is -3.06. The first kappa shape index (κ1) is 17.4. The minimum Gasteiger partial charge on any atom is -0.338 e. The monoisotopic (exact) mass is 362 g/mol. The zero-order chi connectivity index (χ0) is 18.6. The van der Waals surface area contributed by atoms with Crippen LogP contribution in [-0.2, 0) is 0 Å². The average Bonchev–Trinajstić information content (AvgIpc) is 2.74. The van der Waals surface area contributed by atoms with Crippen LogP contribution in [0.1, 0.15) is 17.4 Å². The maximum Gasteiger partial charge on any atom is 0.272 e. The van der Waals surface area contributed by atoms with Gasteiger partial charge in [-0.15, -0.1) is 0 Å². The van der Waals surface area contributed by atoms with Crippen LogP contribution in [0.2, 0.25) is 0 Å². The summed E-state index contributed by atoms with van der Waals surface area (Å²) in [7, 11) is 0. The standard InChI is InChI=1S/C20H22N6O/c1-2-25-9-11-26(12-10-25)20(27)17-13-18(23-14-22-17)24-16-7-3-5-15-6-4-8-21-19(15)16/h3-8,13-14H,2,9-12H2,1H3,(H,22,23,24). The summed E-state index contributed by atoms with van der Waals surface area (Å²) < 4.78 is 0. The molecule has 1 aliphatic heterocycles. The Labute approximate surface area is 158 Å². The molecule has 1 fully saturated rings. The van der Waals surface area contributed by atoms with Gasteiger partial charge in [-0.25, -0.2) is 9.97 Å². The zero-order valence-electron chi connectivity index (χ0n) is 15.3. The van der Waals surface area contributed by atoms with Crippen LogP contribution in [0.5, 0.6) is 0 Å². The number of pyridine rings is 1. The van der Waals surface area contributed by atoms with Gasteiger partial charge in [-0.2, -0.15) is 0 Å². The number of para-hydroxylation sites is 1. The molecule has 4 rings (SSSR count). The lowest BCUT2D eigenvalue weighted by Crippen LogP contribution is -2.48. The highest BCUT2D eigenvalue weighted by Gasteiger charge is 2.22. The number of hydrogen-bond donors (Lipinski definition) is 1. The topological polar surface area (TPSA) is 74.2 Å². The Morgan fingerprint density at radius 2 is 1.89 bits per heavy atom. The molecule has 1 saturated heterocycles. The number of nitrogens with one attached hydrogen (secondary N) is 1. The molecule has 27 heavy (non-hydrogen) atoms. The van der Waals surface area contributed by atoms with E-state index in [4.69, 9.17) is 0 Å². The fourth-order valence-corrected chi connectivity index (χ4v) is 3.31. The van der Waals surface area contributed by atoms with Gasteiger partial charge in [0.15, 0.2) is 0 Å². The van der Waals surface area contributed by atoms with Crippen LogP contribution in [0.25, 0.3) is 10.9 Å². The molecule has 7 nitrogen and oxygen atoms in total. The Balaban J connectivity index is 1.53. The molecule has 0 spiro atoms. The van der Waals surface area contributed by atoms with Crippen molar-refractivity contribution in [1.82, 2.24) is 24.8 Å². The van der Waals surface area contributed by atoms with Crippen LogP contribution < -0.4 is 5.32 Å². The summed E-state index contributed by atoms with van der Waals surface area (Å²) in [6.45, 7) is 6.42. The van der Waals surface area contributed by atoms with Crippen molar-refractivity contribution in [3.8, 4) is 0 Å². The summed E-state index contributed by atoms with van der Waals surface area (Å²) in [5, 5.41) is 4.31. The van der Waals surface area contributed by atoms with Gasteiger partial charge < -0.3 is 15.1 Å². The number of amides is 1. The summed E-state index contributed by atoms with van der Waals surface area (Å²) in [5.41, 5.74) is 2.12.